The molecule has 0 aliphatic carbocycles. The molecule has 128 valence electrons. The van der Waals surface area contributed by atoms with Crippen molar-refractivity contribution in [3.05, 3.63) is 60.8 Å². The van der Waals surface area contributed by atoms with E-state index in [1.54, 1.807) is 0 Å². The Balaban J connectivity index is 1.30. The number of fused-ring (bicyclic) bond motifs is 1. The van der Waals surface area contributed by atoms with Gasteiger partial charge in [-0.05, 0) is 42.7 Å². The summed E-state index contributed by atoms with van der Waals surface area (Å²) in [5, 5.41) is 6.99. The minimum absolute atomic E-state index is 0.146. The molecule has 3 aromatic rings. The lowest BCUT2D eigenvalue weighted by atomic mass is 10.1. The predicted octanol–water partition coefficient (Wildman–Crippen LogP) is 3.82. The fourth-order valence-corrected chi connectivity index (χ4v) is 3.47. The molecule has 1 aromatic heterocycles. The third kappa shape index (κ3) is 3.45. The van der Waals surface area contributed by atoms with Crippen LogP contribution in [0.25, 0.3) is 10.9 Å². The van der Waals surface area contributed by atoms with E-state index in [1.807, 2.05) is 36.5 Å². The molecule has 0 radical (unpaired) electrons. The summed E-state index contributed by atoms with van der Waals surface area (Å²) in [6.07, 6.45) is 2.98. The summed E-state index contributed by atoms with van der Waals surface area (Å²) in [5.74, 6) is 0.481. The van der Waals surface area contributed by atoms with Gasteiger partial charge in [0.2, 0.25) is 0 Å². The Kier molecular flexibility index (Phi) is 4.29. The predicted molar refractivity (Wildman–Crippen MR) is 102 cm³/mol. The van der Waals surface area contributed by atoms with Crippen LogP contribution in [0.15, 0.2) is 60.8 Å². The van der Waals surface area contributed by atoms with Crippen molar-refractivity contribution < 1.29 is 4.79 Å². The Bertz CT molecular complexity index is 858. The molecule has 0 bridgehead atoms. The lowest BCUT2D eigenvalue weighted by Crippen LogP contribution is -2.34. The number of aromatic amines is 1. The molecule has 1 saturated heterocycles. The van der Waals surface area contributed by atoms with Crippen LogP contribution in [0.3, 0.4) is 0 Å². The smallest absolute Gasteiger partial charge is 0.319 e. The van der Waals surface area contributed by atoms with Gasteiger partial charge in [-0.2, -0.15) is 0 Å². The standard InChI is InChI=1S/C20H22N4O/c25-20(23-19-8-4-7-18-17(19)9-11-21-18)22-13-15-10-12-24(14-15)16-5-2-1-3-6-16/h1-9,11,15,21H,10,12-14H2,(H2,22,23,25). The molecule has 1 aliphatic rings. The van der Waals surface area contributed by atoms with Crippen LogP contribution in [-0.2, 0) is 0 Å². The first-order chi connectivity index (χ1) is 12.3. The number of rotatable bonds is 4. The van der Waals surface area contributed by atoms with Crippen molar-refractivity contribution in [1.29, 1.82) is 0 Å². The Morgan fingerprint density at radius 3 is 2.88 bits per heavy atom. The van der Waals surface area contributed by atoms with Crippen molar-refractivity contribution in [2.24, 2.45) is 5.92 Å². The van der Waals surface area contributed by atoms with Crippen molar-refractivity contribution >= 4 is 28.3 Å². The second-order valence-electron chi connectivity index (χ2n) is 6.52. The monoisotopic (exact) mass is 334 g/mol. The van der Waals surface area contributed by atoms with Gasteiger partial charge in [0.15, 0.2) is 0 Å². The third-order valence-corrected chi connectivity index (χ3v) is 4.80. The Morgan fingerprint density at radius 1 is 1.12 bits per heavy atom. The van der Waals surface area contributed by atoms with Gasteiger partial charge < -0.3 is 20.5 Å². The van der Waals surface area contributed by atoms with E-state index in [1.165, 1.54) is 5.69 Å². The maximum Gasteiger partial charge on any atom is 0.319 e. The summed E-state index contributed by atoms with van der Waals surface area (Å²) in [5.41, 5.74) is 3.11. The molecule has 0 spiro atoms. The number of H-pyrrole nitrogens is 1. The Morgan fingerprint density at radius 2 is 2.00 bits per heavy atom. The number of hydrogen-bond acceptors (Lipinski definition) is 2. The fourth-order valence-electron chi connectivity index (χ4n) is 3.47. The van der Waals surface area contributed by atoms with Gasteiger partial charge in [-0.25, -0.2) is 4.79 Å². The highest BCUT2D eigenvalue weighted by atomic mass is 16.2. The van der Waals surface area contributed by atoms with Crippen molar-refractivity contribution in [1.82, 2.24) is 10.3 Å². The van der Waals surface area contributed by atoms with Gasteiger partial charge in [0.05, 0.1) is 5.69 Å². The first-order valence-electron chi connectivity index (χ1n) is 8.70. The summed E-state index contributed by atoms with van der Waals surface area (Å²) in [6, 6.07) is 18.1. The number of amides is 2. The number of hydrogen-bond donors (Lipinski definition) is 3. The van der Waals surface area contributed by atoms with Crippen LogP contribution in [-0.4, -0.2) is 30.6 Å². The quantitative estimate of drug-likeness (QED) is 0.679. The van der Waals surface area contributed by atoms with E-state index >= 15 is 0 Å². The van der Waals surface area contributed by atoms with Crippen molar-refractivity contribution in [2.45, 2.75) is 6.42 Å². The zero-order chi connectivity index (χ0) is 17.1. The van der Waals surface area contributed by atoms with E-state index < -0.39 is 0 Å². The van der Waals surface area contributed by atoms with Gasteiger partial charge in [-0.1, -0.05) is 24.3 Å². The molecule has 1 unspecified atom stereocenters. The van der Waals surface area contributed by atoms with E-state index in [-0.39, 0.29) is 6.03 Å². The van der Waals surface area contributed by atoms with Gasteiger partial charge in [0, 0.05) is 42.4 Å². The second-order valence-corrected chi connectivity index (χ2v) is 6.52. The van der Waals surface area contributed by atoms with Crippen LogP contribution >= 0.6 is 0 Å². The molecule has 5 nitrogen and oxygen atoms in total. The first-order valence-corrected chi connectivity index (χ1v) is 8.70. The zero-order valence-electron chi connectivity index (χ0n) is 14.0. The Hall–Kier alpha value is -2.95. The molecule has 3 N–H and O–H groups in total. The molecule has 5 heteroatoms. The minimum atomic E-state index is -0.146. The topological polar surface area (TPSA) is 60.2 Å². The highest BCUT2D eigenvalue weighted by molar-refractivity contribution is 6.00. The normalized spacial score (nSPS) is 17.0. The summed E-state index contributed by atoms with van der Waals surface area (Å²) in [7, 11) is 0. The van der Waals surface area contributed by atoms with Crippen LogP contribution < -0.4 is 15.5 Å². The minimum Gasteiger partial charge on any atom is -0.371 e. The van der Waals surface area contributed by atoms with Gasteiger partial charge in [-0.3, -0.25) is 0 Å². The van der Waals surface area contributed by atoms with Crippen molar-refractivity contribution in [3.63, 3.8) is 0 Å². The number of nitrogens with zero attached hydrogens (tertiary/aromatic N) is 1. The molecule has 1 fully saturated rings. The molecular formula is C20H22N4O. The SMILES string of the molecule is O=C(NCC1CCN(c2ccccc2)C1)Nc1cccc2[nH]ccc12. The van der Waals surface area contributed by atoms with E-state index in [0.717, 1.165) is 36.1 Å². The highest BCUT2D eigenvalue weighted by Gasteiger charge is 2.23. The van der Waals surface area contributed by atoms with Crippen molar-refractivity contribution in [3.8, 4) is 0 Å². The van der Waals surface area contributed by atoms with E-state index in [2.05, 4.69) is 44.8 Å². The molecule has 2 heterocycles. The molecule has 1 atom stereocenters. The number of benzene rings is 2. The van der Waals surface area contributed by atoms with E-state index in [4.69, 9.17) is 0 Å². The Labute approximate surface area is 147 Å². The van der Waals surface area contributed by atoms with E-state index in [0.29, 0.717) is 12.5 Å². The molecule has 2 amide bonds. The number of urea groups is 1. The highest BCUT2D eigenvalue weighted by Crippen LogP contribution is 2.24. The lowest BCUT2D eigenvalue weighted by molar-refractivity contribution is 0.250. The molecule has 0 saturated carbocycles. The van der Waals surface area contributed by atoms with Crippen molar-refractivity contribution in [2.75, 3.05) is 29.9 Å². The average Bonchev–Trinajstić information content (AvgIpc) is 3.31. The van der Waals surface area contributed by atoms with Gasteiger partial charge in [0.1, 0.15) is 0 Å². The molecule has 25 heavy (non-hydrogen) atoms. The first kappa shape index (κ1) is 15.6. The van der Waals surface area contributed by atoms with Crippen LogP contribution in [0.4, 0.5) is 16.2 Å². The number of aromatic nitrogens is 1. The molecule has 1 aliphatic heterocycles. The van der Waals surface area contributed by atoms with Crippen LogP contribution in [0, 0.1) is 5.92 Å². The van der Waals surface area contributed by atoms with Gasteiger partial charge in [-0.15, -0.1) is 0 Å². The number of carbonyl (C=O) groups excluding carboxylic acids is 1. The molecular weight excluding hydrogens is 312 g/mol. The number of para-hydroxylation sites is 1. The maximum absolute atomic E-state index is 12.2. The number of carbonyl (C=O) groups is 1. The van der Waals surface area contributed by atoms with Crippen LogP contribution in [0.1, 0.15) is 6.42 Å². The summed E-state index contributed by atoms with van der Waals surface area (Å²) < 4.78 is 0. The average molecular weight is 334 g/mol. The zero-order valence-corrected chi connectivity index (χ0v) is 14.0. The summed E-state index contributed by atoms with van der Waals surface area (Å²) >= 11 is 0. The number of nitrogens with one attached hydrogen (secondary N) is 3. The van der Waals surface area contributed by atoms with Crippen LogP contribution in [0.2, 0.25) is 0 Å². The summed E-state index contributed by atoms with van der Waals surface area (Å²) in [4.78, 5) is 17.8. The van der Waals surface area contributed by atoms with E-state index in [9.17, 15) is 4.79 Å². The maximum atomic E-state index is 12.2. The third-order valence-electron chi connectivity index (χ3n) is 4.80. The molecule has 2 aromatic carbocycles. The van der Waals surface area contributed by atoms with Gasteiger partial charge in [0.25, 0.3) is 0 Å². The van der Waals surface area contributed by atoms with Gasteiger partial charge >= 0.3 is 6.03 Å². The largest absolute Gasteiger partial charge is 0.371 e. The fraction of sp³-hybridized carbons (Fsp3) is 0.250. The number of anilines is 2. The molecule has 4 rings (SSSR count). The summed E-state index contributed by atoms with van der Waals surface area (Å²) in [6.45, 7) is 2.72. The second kappa shape index (κ2) is 6.89. The van der Waals surface area contributed by atoms with Crippen LogP contribution in [0.5, 0.6) is 0 Å². The lowest BCUT2D eigenvalue weighted by Gasteiger charge is -2.18.